The van der Waals surface area contributed by atoms with Gasteiger partial charge in [0.1, 0.15) is 5.75 Å². The van der Waals surface area contributed by atoms with Crippen LogP contribution in [0.25, 0.3) is 0 Å². The molecule has 1 aromatic carbocycles. The van der Waals surface area contributed by atoms with Gasteiger partial charge in [-0.25, -0.2) is 4.98 Å². The van der Waals surface area contributed by atoms with E-state index in [-0.39, 0.29) is 5.75 Å². The zero-order chi connectivity index (χ0) is 12.3. The number of aromatic hydroxyl groups is 1. The molecule has 17 heavy (non-hydrogen) atoms. The van der Waals surface area contributed by atoms with Crippen LogP contribution in [-0.4, -0.2) is 15.8 Å². The van der Waals surface area contributed by atoms with E-state index in [9.17, 15) is 5.11 Å². The Balaban J connectivity index is 2.15. The lowest BCUT2D eigenvalue weighted by atomic mass is 10.1. The number of para-hydroxylation sites is 1. The van der Waals surface area contributed by atoms with E-state index in [1.165, 1.54) is 11.3 Å². The quantitative estimate of drug-likeness (QED) is 0.647. The Labute approximate surface area is 104 Å². The average Bonchev–Trinajstić information content (AvgIpc) is 2.73. The van der Waals surface area contributed by atoms with Crippen LogP contribution in [0.5, 0.6) is 5.75 Å². The van der Waals surface area contributed by atoms with Crippen LogP contribution >= 0.6 is 11.3 Å². The van der Waals surface area contributed by atoms with Crippen molar-refractivity contribution in [2.45, 2.75) is 13.8 Å². The number of phenols is 1. The molecule has 0 unspecified atom stereocenters. The number of nitrogens with one attached hydrogen (secondary N) is 1. The minimum atomic E-state index is 0.228. The highest BCUT2D eigenvalue weighted by molar-refractivity contribution is 7.13. The van der Waals surface area contributed by atoms with E-state index in [1.54, 1.807) is 12.1 Å². The molecule has 88 valence electrons. The van der Waals surface area contributed by atoms with E-state index < -0.39 is 0 Å². The van der Waals surface area contributed by atoms with Crippen LogP contribution < -0.4 is 5.43 Å². The molecule has 0 aliphatic carbocycles. The first-order valence-electron chi connectivity index (χ1n) is 5.17. The van der Waals surface area contributed by atoms with Crippen LogP contribution in [0.2, 0.25) is 0 Å². The van der Waals surface area contributed by atoms with Crippen molar-refractivity contribution in [1.29, 1.82) is 0 Å². The van der Waals surface area contributed by atoms with Gasteiger partial charge in [-0.05, 0) is 26.0 Å². The van der Waals surface area contributed by atoms with Crippen molar-refractivity contribution in [3.63, 3.8) is 0 Å². The highest BCUT2D eigenvalue weighted by atomic mass is 32.1. The van der Waals surface area contributed by atoms with Gasteiger partial charge in [0.2, 0.25) is 5.13 Å². The van der Waals surface area contributed by atoms with Gasteiger partial charge >= 0.3 is 0 Å². The molecule has 1 heterocycles. The number of phenolic OH excluding ortho intramolecular Hbond substituents is 1. The van der Waals surface area contributed by atoms with Gasteiger partial charge < -0.3 is 5.11 Å². The van der Waals surface area contributed by atoms with E-state index in [2.05, 4.69) is 15.5 Å². The van der Waals surface area contributed by atoms with Gasteiger partial charge in [0.15, 0.2) is 0 Å². The summed E-state index contributed by atoms with van der Waals surface area (Å²) in [6.45, 7) is 3.77. The largest absolute Gasteiger partial charge is 0.507 e. The maximum atomic E-state index is 9.66. The molecule has 0 amide bonds. The lowest BCUT2D eigenvalue weighted by molar-refractivity contribution is 0.474. The molecule has 0 spiro atoms. The highest BCUT2D eigenvalue weighted by Gasteiger charge is 2.03. The van der Waals surface area contributed by atoms with Crippen molar-refractivity contribution in [2.75, 3.05) is 5.43 Å². The maximum absolute atomic E-state index is 9.66. The zero-order valence-corrected chi connectivity index (χ0v) is 10.5. The lowest BCUT2D eigenvalue weighted by Gasteiger charge is -2.03. The summed E-state index contributed by atoms with van der Waals surface area (Å²) in [7, 11) is 0. The third-order valence-electron chi connectivity index (χ3n) is 2.23. The van der Waals surface area contributed by atoms with E-state index in [4.69, 9.17) is 0 Å². The van der Waals surface area contributed by atoms with Crippen LogP contribution in [-0.2, 0) is 0 Å². The molecule has 0 aliphatic heterocycles. The standard InChI is InChI=1S/C12H13N3OS/c1-8-7-17-12(13-8)15-14-9(2)10-5-3-4-6-11(10)16/h3-7,16H,1-2H3,(H,13,15). The van der Waals surface area contributed by atoms with Crippen molar-refractivity contribution < 1.29 is 5.11 Å². The summed E-state index contributed by atoms with van der Waals surface area (Å²) < 4.78 is 0. The summed E-state index contributed by atoms with van der Waals surface area (Å²) in [6.07, 6.45) is 0. The molecular weight excluding hydrogens is 234 g/mol. The molecule has 1 aromatic heterocycles. The average molecular weight is 247 g/mol. The van der Waals surface area contributed by atoms with Crippen molar-refractivity contribution >= 4 is 22.2 Å². The van der Waals surface area contributed by atoms with Gasteiger partial charge in [-0.2, -0.15) is 5.10 Å². The first-order chi connectivity index (χ1) is 8.16. The molecular formula is C12H13N3OS. The third kappa shape index (κ3) is 2.82. The normalized spacial score (nSPS) is 11.5. The molecule has 4 nitrogen and oxygen atoms in total. The lowest BCUT2D eigenvalue weighted by Crippen LogP contribution is -1.99. The summed E-state index contributed by atoms with van der Waals surface area (Å²) in [5.74, 6) is 0.228. The summed E-state index contributed by atoms with van der Waals surface area (Å²) in [6, 6.07) is 7.11. The van der Waals surface area contributed by atoms with Crippen LogP contribution in [0.15, 0.2) is 34.7 Å². The van der Waals surface area contributed by atoms with E-state index in [0.717, 1.165) is 16.5 Å². The molecule has 0 saturated heterocycles. The van der Waals surface area contributed by atoms with Crippen LogP contribution in [0, 0.1) is 6.92 Å². The van der Waals surface area contributed by atoms with Crippen molar-refractivity contribution in [3.05, 3.63) is 40.9 Å². The second-order valence-electron chi connectivity index (χ2n) is 3.62. The second-order valence-corrected chi connectivity index (χ2v) is 4.48. The number of aromatic nitrogens is 1. The highest BCUT2D eigenvalue weighted by Crippen LogP contribution is 2.18. The number of thiazole rings is 1. The van der Waals surface area contributed by atoms with Crippen molar-refractivity contribution in [3.8, 4) is 5.75 Å². The number of benzene rings is 1. The van der Waals surface area contributed by atoms with Crippen molar-refractivity contribution in [2.24, 2.45) is 5.10 Å². The molecule has 0 radical (unpaired) electrons. The van der Waals surface area contributed by atoms with Crippen LogP contribution in [0.4, 0.5) is 5.13 Å². The number of hydrogen-bond donors (Lipinski definition) is 2. The summed E-state index contributed by atoms with van der Waals surface area (Å²) in [4.78, 5) is 4.24. The van der Waals surface area contributed by atoms with Gasteiger partial charge in [0, 0.05) is 10.9 Å². The Hall–Kier alpha value is -1.88. The minimum Gasteiger partial charge on any atom is -0.507 e. The van der Waals surface area contributed by atoms with Gasteiger partial charge in [0.05, 0.1) is 11.4 Å². The minimum absolute atomic E-state index is 0.228. The fourth-order valence-electron chi connectivity index (χ4n) is 1.38. The maximum Gasteiger partial charge on any atom is 0.203 e. The Morgan fingerprint density at radius 1 is 1.41 bits per heavy atom. The number of aryl methyl sites for hydroxylation is 1. The second kappa shape index (κ2) is 4.97. The van der Waals surface area contributed by atoms with Crippen LogP contribution in [0.3, 0.4) is 0 Å². The van der Waals surface area contributed by atoms with Crippen LogP contribution in [0.1, 0.15) is 18.2 Å². The molecule has 0 aliphatic rings. The fraction of sp³-hybridized carbons (Fsp3) is 0.167. The molecule has 0 fully saturated rings. The van der Waals surface area contributed by atoms with Gasteiger partial charge in [-0.1, -0.05) is 12.1 Å². The monoisotopic (exact) mass is 247 g/mol. The van der Waals surface area contributed by atoms with E-state index in [0.29, 0.717) is 5.56 Å². The topological polar surface area (TPSA) is 57.5 Å². The number of rotatable bonds is 3. The molecule has 5 heteroatoms. The molecule has 0 atom stereocenters. The fourth-order valence-corrected chi connectivity index (χ4v) is 2.01. The number of hydrogen-bond acceptors (Lipinski definition) is 5. The first kappa shape index (κ1) is 11.6. The van der Waals surface area contributed by atoms with Gasteiger partial charge in [-0.3, -0.25) is 5.43 Å². The van der Waals surface area contributed by atoms with Gasteiger partial charge in [-0.15, -0.1) is 11.3 Å². The van der Waals surface area contributed by atoms with E-state index in [1.807, 2.05) is 31.4 Å². The Morgan fingerprint density at radius 2 is 2.18 bits per heavy atom. The molecule has 2 aromatic rings. The summed E-state index contributed by atoms with van der Waals surface area (Å²) in [5, 5.41) is 16.6. The molecule has 0 saturated carbocycles. The summed E-state index contributed by atoms with van der Waals surface area (Å²) >= 11 is 1.50. The third-order valence-corrected chi connectivity index (χ3v) is 3.10. The number of anilines is 1. The molecule has 2 N–H and O–H groups in total. The SMILES string of the molecule is CC(=NNc1nc(C)cs1)c1ccccc1O. The first-order valence-corrected chi connectivity index (χ1v) is 6.05. The number of nitrogens with zero attached hydrogens (tertiary/aromatic N) is 2. The summed E-state index contributed by atoms with van der Waals surface area (Å²) in [5.41, 5.74) is 5.28. The van der Waals surface area contributed by atoms with E-state index >= 15 is 0 Å². The predicted molar refractivity (Wildman–Crippen MR) is 70.8 cm³/mol. The smallest absolute Gasteiger partial charge is 0.203 e. The Kier molecular flexibility index (Phi) is 3.39. The van der Waals surface area contributed by atoms with Crippen molar-refractivity contribution in [1.82, 2.24) is 4.98 Å². The Bertz CT molecular complexity index is 548. The number of hydrazone groups is 1. The molecule has 0 bridgehead atoms. The predicted octanol–water partition coefficient (Wildman–Crippen LogP) is 2.99. The van der Waals surface area contributed by atoms with Gasteiger partial charge in [0.25, 0.3) is 0 Å². The Morgan fingerprint density at radius 3 is 2.82 bits per heavy atom. The zero-order valence-electron chi connectivity index (χ0n) is 9.64. The molecule has 2 rings (SSSR count).